The van der Waals surface area contributed by atoms with Crippen molar-refractivity contribution >= 4 is 0 Å². The molecule has 0 amide bonds. The van der Waals surface area contributed by atoms with Gasteiger partial charge in [-0.3, -0.25) is 4.90 Å². The van der Waals surface area contributed by atoms with E-state index in [9.17, 15) is 0 Å². The minimum Gasteiger partial charge on any atom is -0.491 e. The van der Waals surface area contributed by atoms with Gasteiger partial charge in [0.2, 0.25) is 0 Å². The summed E-state index contributed by atoms with van der Waals surface area (Å²) in [4.78, 5) is 2.40. The summed E-state index contributed by atoms with van der Waals surface area (Å²) in [5.41, 5.74) is 7.22. The number of nitrogens with zero attached hydrogens (tertiary/aromatic N) is 1. The minimum atomic E-state index is 0.0830. The molecular weight excluding hydrogens is 252 g/mol. The lowest BCUT2D eigenvalue weighted by Crippen LogP contribution is -2.49. The molecule has 4 nitrogen and oxygen atoms in total. The van der Waals surface area contributed by atoms with Crippen molar-refractivity contribution in [3.05, 3.63) is 29.8 Å². The van der Waals surface area contributed by atoms with Gasteiger partial charge in [-0.25, -0.2) is 0 Å². The zero-order chi connectivity index (χ0) is 14.5. The van der Waals surface area contributed by atoms with Crippen LogP contribution >= 0.6 is 0 Å². The topological polar surface area (TPSA) is 47.7 Å². The Balaban J connectivity index is 1.89. The highest BCUT2D eigenvalue weighted by atomic mass is 16.5. The lowest BCUT2D eigenvalue weighted by molar-refractivity contribution is -0.0403. The molecule has 0 spiro atoms. The number of morpholine rings is 1. The smallest absolute Gasteiger partial charge is 0.119 e. The fourth-order valence-electron chi connectivity index (χ4n) is 2.40. The molecule has 2 atom stereocenters. The molecular formula is C16H26N2O2. The molecule has 0 aromatic heterocycles. The molecule has 1 aliphatic rings. The fourth-order valence-corrected chi connectivity index (χ4v) is 2.40. The summed E-state index contributed by atoms with van der Waals surface area (Å²) in [6.45, 7) is 9.66. The number of benzene rings is 1. The van der Waals surface area contributed by atoms with Gasteiger partial charge in [-0.05, 0) is 38.5 Å². The fraction of sp³-hybridized carbons (Fsp3) is 0.625. The molecule has 1 fully saturated rings. The summed E-state index contributed by atoms with van der Waals surface area (Å²) >= 11 is 0. The van der Waals surface area contributed by atoms with Gasteiger partial charge >= 0.3 is 0 Å². The number of nitrogens with two attached hydrogens (primary N) is 1. The van der Waals surface area contributed by atoms with Gasteiger partial charge in [0, 0.05) is 25.7 Å². The largest absolute Gasteiger partial charge is 0.491 e. The molecule has 0 bridgehead atoms. The molecule has 1 aromatic rings. The van der Waals surface area contributed by atoms with Crippen molar-refractivity contribution in [3.8, 4) is 5.75 Å². The third kappa shape index (κ3) is 4.47. The van der Waals surface area contributed by atoms with E-state index in [1.807, 2.05) is 32.9 Å². The lowest BCUT2D eigenvalue weighted by Gasteiger charge is -2.34. The third-order valence-electron chi connectivity index (χ3n) is 3.47. The Hall–Kier alpha value is -1.10. The Morgan fingerprint density at radius 3 is 2.60 bits per heavy atom. The van der Waals surface area contributed by atoms with Gasteiger partial charge in [0.1, 0.15) is 5.75 Å². The van der Waals surface area contributed by atoms with Crippen LogP contribution in [0.5, 0.6) is 5.75 Å². The van der Waals surface area contributed by atoms with Crippen molar-refractivity contribution in [2.24, 2.45) is 5.73 Å². The normalized spacial score (nSPS) is 21.9. The van der Waals surface area contributed by atoms with Crippen LogP contribution in [0.2, 0.25) is 0 Å². The first-order chi connectivity index (χ1) is 9.54. The molecule has 20 heavy (non-hydrogen) atoms. The molecule has 4 heteroatoms. The maximum Gasteiger partial charge on any atom is 0.119 e. The van der Waals surface area contributed by atoms with Crippen molar-refractivity contribution < 1.29 is 9.47 Å². The zero-order valence-corrected chi connectivity index (χ0v) is 12.7. The van der Waals surface area contributed by atoms with Crippen molar-refractivity contribution in [1.29, 1.82) is 0 Å². The van der Waals surface area contributed by atoms with Gasteiger partial charge in [0.05, 0.1) is 18.8 Å². The Labute approximate surface area is 121 Å². The summed E-state index contributed by atoms with van der Waals surface area (Å²) in [5.74, 6) is 0.930. The summed E-state index contributed by atoms with van der Waals surface area (Å²) in [5, 5.41) is 0. The molecule has 2 N–H and O–H groups in total. The van der Waals surface area contributed by atoms with Crippen LogP contribution in [0.1, 0.15) is 26.3 Å². The average molecular weight is 278 g/mol. The van der Waals surface area contributed by atoms with E-state index in [1.165, 1.54) is 5.56 Å². The summed E-state index contributed by atoms with van der Waals surface area (Å²) in [7, 11) is 0. The van der Waals surface area contributed by atoms with Crippen molar-refractivity contribution in [2.45, 2.75) is 45.6 Å². The zero-order valence-electron chi connectivity index (χ0n) is 12.7. The molecule has 1 aromatic carbocycles. The third-order valence-corrected chi connectivity index (χ3v) is 3.47. The van der Waals surface area contributed by atoms with Crippen LogP contribution < -0.4 is 10.5 Å². The van der Waals surface area contributed by atoms with Gasteiger partial charge < -0.3 is 15.2 Å². The predicted octanol–water partition coefficient (Wildman–Crippen LogP) is 2.02. The van der Waals surface area contributed by atoms with E-state index >= 15 is 0 Å². The van der Waals surface area contributed by atoms with Crippen LogP contribution in [-0.2, 0) is 11.3 Å². The summed E-state index contributed by atoms with van der Waals surface area (Å²) in [6.07, 6.45) is 0.360. The van der Waals surface area contributed by atoms with E-state index in [0.717, 1.165) is 32.0 Å². The van der Waals surface area contributed by atoms with Crippen molar-refractivity contribution in [1.82, 2.24) is 4.90 Å². The molecule has 0 aliphatic carbocycles. The standard InChI is InChI=1S/C16H26N2O2/c1-12(2)20-15-6-4-14(5-7-15)10-18-8-9-19-16(11-18)13(3)17/h4-7,12-13,16H,8-11,17H2,1-3H3. The van der Waals surface area contributed by atoms with Crippen LogP contribution in [0.25, 0.3) is 0 Å². The monoisotopic (exact) mass is 278 g/mol. The van der Waals surface area contributed by atoms with Crippen LogP contribution in [0, 0.1) is 0 Å². The number of hydrogen-bond donors (Lipinski definition) is 1. The second kappa shape index (κ2) is 7.07. The Kier molecular flexibility index (Phi) is 5.40. The predicted molar refractivity (Wildman–Crippen MR) is 80.9 cm³/mol. The summed E-state index contributed by atoms with van der Waals surface area (Å²) < 4.78 is 11.3. The molecule has 0 radical (unpaired) electrons. The molecule has 0 saturated carbocycles. The molecule has 2 rings (SSSR count). The van der Waals surface area contributed by atoms with Gasteiger partial charge in [0.15, 0.2) is 0 Å². The van der Waals surface area contributed by atoms with E-state index in [0.29, 0.717) is 0 Å². The van der Waals surface area contributed by atoms with Crippen LogP contribution in [0.15, 0.2) is 24.3 Å². The van der Waals surface area contributed by atoms with Gasteiger partial charge in [-0.1, -0.05) is 12.1 Å². The van der Waals surface area contributed by atoms with E-state index in [-0.39, 0.29) is 18.2 Å². The van der Waals surface area contributed by atoms with E-state index in [4.69, 9.17) is 15.2 Å². The van der Waals surface area contributed by atoms with Crippen LogP contribution in [0.3, 0.4) is 0 Å². The molecule has 2 unspecified atom stereocenters. The highest BCUT2D eigenvalue weighted by Crippen LogP contribution is 2.16. The quantitative estimate of drug-likeness (QED) is 0.895. The highest BCUT2D eigenvalue weighted by molar-refractivity contribution is 5.27. The Bertz CT molecular complexity index is 403. The van der Waals surface area contributed by atoms with Crippen LogP contribution in [-0.4, -0.2) is 42.8 Å². The van der Waals surface area contributed by atoms with Gasteiger partial charge in [-0.2, -0.15) is 0 Å². The number of rotatable bonds is 5. The SMILES string of the molecule is CC(C)Oc1ccc(CN2CCOC(C(C)N)C2)cc1. The maximum absolute atomic E-state index is 5.92. The first kappa shape index (κ1) is 15.3. The second-order valence-electron chi connectivity index (χ2n) is 5.81. The molecule has 1 heterocycles. The average Bonchev–Trinajstić information content (AvgIpc) is 2.41. The van der Waals surface area contributed by atoms with E-state index in [2.05, 4.69) is 17.0 Å². The van der Waals surface area contributed by atoms with Gasteiger partial charge in [-0.15, -0.1) is 0 Å². The maximum atomic E-state index is 5.92. The van der Waals surface area contributed by atoms with Crippen molar-refractivity contribution in [2.75, 3.05) is 19.7 Å². The number of hydrogen-bond acceptors (Lipinski definition) is 4. The second-order valence-corrected chi connectivity index (χ2v) is 5.81. The molecule has 112 valence electrons. The first-order valence-corrected chi connectivity index (χ1v) is 7.39. The van der Waals surface area contributed by atoms with Crippen LogP contribution in [0.4, 0.5) is 0 Å². The molecule has 1 saturated heterocycles. The Morgan fingerprint density at radius 1 is 1.30 bits per heavy atom. The van der Waals surface area contributed by atoms with E-state index in [1.54, 1.807) is 0 Å². The highest BCUT2D eigenvalue weighted by Gasteiger charge is 2.23. The first-order valence-electron chi connectivity index (χ1n) is 7.39. The summed E-state index contributed by atoms with van der Waals surface area (Å²) in [6, 6.07) is 8.43. The molecule has 1 aliphatic heterocycles. The van der Waals surface area contributed by atoms with E-state index < -0.39 is 0 Å². The lowest BCUT2D eigenvalue weighted by atomic mass is 10.1. The van der Waals surface area contributed by atoms with Gasteiger partial charge in [0.25, 0.3) is 0 Å². The van der Waals surface area contributed by atoms with Crippen molar-refractivity contribution in [3.63, 3.8) is 0 Å². The number of ether oxygens (including phenoxy) is 2. The Morgan fingerprint density at radius 2 is 2.00 bits per heavy atom. The minimum absolute atomic E-state index is 0.0830.